The Bertz CT molecular complexity index is 1180. The van der Waals surface area contributed by atoms with Gasteiger partial charge < -0.3 is 10.6 Å². The average Bonchev–Trinajstić information content (AvgIpc) is 2.78. The van der Waals surface area contributed by atoms with Crippen LogP contribution < -0.4 is 14.9 Å². The molecule has 1 aliphatic heterocycles. The third kappa shape index (κ3) is 6.48. The minimum Gasteiger partial charge on any atom is -0.371 e. The van der Waals surface area contributed by atoms with Crippen LogP contribution >= 0.6 is 0 Å². The van der Waals surface area contributed by atoms with Crippen molar-refractivity contribution in [2.45, 2.75) is 51.6 Å². The van der Waals surface area contributed by atoms with E-state index in [1.807, 2.05) is 4.90 Å². The molecule has 0 saturated carbocycles. The van der Waals surface area contributed by atoms with E-state index >= 15 is 0 Å². The predicted octanol–water partition coefficient (Wildman–Crippen LogP) is 4.64. The van der Waals surface area contributed by atoms with E-state index in [1.165, 1.54) is 25.2 Å². The fourth-order valence-corrected chi connectivity index (χ4v) is 4.80. The van der Waals surface area contributed by atoms with E-state index < -0.39 is 40.3 Å². The van der Waals surface area contributed by atoms with Crippen molar-refractivity contribution < 1.29 is 30.8 Å². The highest BCUT2D eigenvalue weighted by molar-refractivity contribution is 7.74. The number of amides is 1. The zero-order valence-electron chi connectivity index (χ0n) is 20.4. The molecule has 2 N–H and O–H groups in total. The fraction of sp³-hybridized carbons (Fsp3) is 0.480. The molecule has 1 atom stereocenters. The van der Waals surface area contributed by atoms with Gasteiger partial charge in [0.1, 0.15) is 5.82 Å². The minimum atomic E-state index is -4.49. The van der Waals surface area contributed by atoms with E-state index in [0.717, 1.165) is 35.3 Å². The zero-order chi connectivity index (χ0) is 26.8. The predicted molar refractivity (Wildman–Crippen MR) is 132 cm³/mol. The quantitative estimate of drug-likeness (QED) is 0.386. The van der Waals surface area contributed by atoms with Gasteiger partial charge in [-0.25, -0.2) is 12.8 Å². The van der Waals surface area contributed by atoms with Crippen LogP contribution in [0.25, 0.3) is 0 Å². The highest BCUT2D eigenvalue weighted by atomic mass is 32.2. The largest absolute Gasteiger partial charge is 0.416 e. The van der Waals surface area contributed by atoms with E-state index in [4.69, 9.17) is 5.73 Å². The van der Waals surface area contributed by atoms with Gasteiger partial charge in [0, 0.05) is 25.8 Å². The van der Waals surface area contributed by atoms with E-state index in [2.05, 4.69) is 13.8 Å². The van der Waals surface area contributed by atoms with Gasteiger partial charge in [0.25, 0.3) is 0 Å². The molecule has 1 amide bonds. The molecule has 2 aromatic rings. The molecule has 2 aromatic carbocycles. The number of anilines is 2. The SMILES string of the molecule is CN(c1ccc(C(CCc2ccc(C(F)(F)F)cc2N2CCC(C)(C)CC2)C(N)=O)cc1F)[SH](=O)=O. The van der Waals surface area contributed by atoms with Crippen LogP contribution in [0.5, 0.6) is 0 Å². The van der Waals surface area contributed by atoms with Crippen molar-refractivity contribution in [1.29, 1.82) is 0 Å². The summed E-state index contributed by atoms with van der Waals surface area (Å²) < 4.78 is 78.0. The Morgan fingerprint density at radius 1 is 1.14 bits per heavy atom. The van der Waals surface area contributed by atoms with Gasteiger partial charge in [-0.05, 0) is 66.5 Å². The molecule has 1 aliphatic rings. The molecular weight excluding hydrogens is 498 g/mol. The number of hydrogen-bond acceptors (Lipinski definition) is 4. The number of carbonyl (C=O) groups is 1. The summed E-state index contributed by atoms with van der Waals surface area (Å²) in [7, 11) is -1.84. The van der Waals surface area contributed by atoms with Gasteiger partial charge in [0.15, 0.2) is 0 Å². The van der Waals surface area contributed by atoms with Crippen LogP contribution in [0.2, 0.25) is 0 Å². The maximum atomic E-state index is 14.6. The Kier molecular flexibility index (Phi) is 8.22. The number of piperidine rings is 1. The molecule has 1 saturated heterocycles. The van der Waals surface area contributed by atoms with Crippen LogP contribution in [-0.4, -0.2) is 34.5 Å². The Hall–Kier alpha value is -2.82. The maximum Gasteiger partial charge on any atom is 0.416 e. The second-order valence-electron chi connectivity index (χ2n) is 9.96. The first-order chi connectivity index (χ1) is 16.7. The lowest BCUT2D eigenvalue weighted by Gasteiger charge is -2.39. The van der Waals surface area contributed by atoms with Crippen molar-refractivity contribution in [3.8, 4) is 0 Å². The number of benzene rings is 2. The molecular formula is C25H31F4N3O3S. The number of thiol groups is 1. The Morgan fingerprint density at radius 2 is 1.78 bits per heavy atom. The molecule has 0 bridgehead atoms. The summed E-state index contributed by atoms with van der Waals surface area (Å²) in [6.07, 6.45) is -2.42. The molecule has 198 valence electrons. The van der Waals surface area contributed by atoms with Crippen LogP contribution in [0.1, 0.15) is 55.7 Å². The summed E-state index contributed by atoms with van der Waals surface area (Å²) >= 11 is 0. The zero-order valence-corrected chi connectivity index (χ0v) is 21.3. The van der Waals surface area contributed by atoms with E-state index in [9.17, 15) is 30.8 Å². The molecule has 11 heteroatoms. The van der Waals surface area contributed by atoms with Crippen LogP contribution in [0, 0.1) is 11.2 Å². The van der Waals surface area contributed by atoms with Crippen molar-refractivity contribution in [1.82, 2.24) is 0 Å². The summed E-state index contributed by atoms with van der Waals surface area (Å²) in [6.45, 7) is 5.49. The summed E-state index contributed by atoms with van der Waals surface area (Å²) in [4.78, 5) is 14.2. The minimum absolute atomic E-state index is 0.110. The topological polar surface area (TPSA) is 83.7 Å². The number of aryl methyl sites for hydroxylation is 1. The van der Waals surface area contributed by atoms with Gasteiger partial charge in [-0.1, -0.05) is 26.0 Å². The summed E-state index contributed by atoms with van der Waals surface area (Å²) in [5, 5.41) is 0. The lowest BCUT2D eigenvalue weighted by molar-refractivity contribution is -0.137. The lowest BCUT2D eigenvalue weighted by Crippen LogP contribution is -2.38. The molecule has 1 unspecified atom stereocenters. The highest BCUT2D eigenvalue weighted by Crippen LogP contribution is 2.38. The molecule has 0 radical (unpaired) electrons. The number of alkyl halides is 3. The summed E-state index contributed by atoms with van der Waals surface area (Å²) in [5.41, 5.74) is 6.19. The maximum absolute atomic E-state index is 14.6. The lowest BCUT2D eigenvalue weighted by atomic mass is 9.82. The Morgan fingerprint density at radius 3 is 2.31 bits per heavy atom. The molecule has 3 rings (SSSR count). The standard InChI is InChI=1S/C25H31F4N3O3S/c1-24(2)10-12-32(13-11-24)22-15-18(25(27,28)29)7-4-16(22)5-8-19(23(30)33)17-6-9-21(20(26)14-17)31(3)36(34)35/h4,6-7,9,14-15,19,36H,5,8,10-13H2,1-3H3,(H2,30,33). The van der Waals surface area contributed by atoms with E-state index in [1.54, 1.807) is 0 Å². The molecule has 0 aromatic heterocycles. The Labute approximate surface area is 210 Å². The van der Waals surface area contributed by atoms with Crippen molar-refractivity contribution in [3.63, 3.8) is 0 Å². The molecule has 1 heterocycles. The van der Waals surface area contributed by atoms with Gasteiger partial charge >= 0.3 is 6.18 Å². The number of carbonyl (C=O) groups excluding carboxylic acids is 1. The van der Waals surface area contributed by atoms with Gasteiger partial charge in [-0.3, -0.25) is 9.10 Å². The first-order valence-corrected chi connectivity index (χ1v) is 12.7. The molecule has 0 spiro atoms. The number of nitrogens with two attached hydrogens (primary N) is 1. The first kappa shape index (κ1) is 27.8. The number of halogens is 4. The van der Waals surface area contributed by atoms with E-state index in [0.29, 0.717) is 24.3 Å². The number of nitrogens with zero attached hydrogens (tertiary/aromatic N) is 2. The Balaban J connectivity index is 1.89. The second kappa shape index (κ2) is 10.7. The molecule has 1 fully saturated rings. The molecule has 0 aliphatic carbocycles. The van der Waals surface area contributed by atoms with Crippen LogP contribution in [0.4, 0.5) is 28.9 Å². The number of primary amides is 1. The van der Waals surface area contributed by atoms with Gasteiger partial charge in [0.2, 0.25) is 16.8 Å². The first-order valence-electron chi connectivity index (χ1n) is 11.6. The van der Waals surface area contributed by atoms with Gasteiger partial charge in [-0.2, -0.15) is 13.2 Å². The van der Waals surface area contributed by atoms with E-state index in [-0.39, 0.29) is 29.5 Å². The molecule has 6 nitrogen and oxygen atoms in total. The van der Waals surface area contributed by atoms with Crippen molar-refractivity contribution in [2.75, 3.05) is 29.3 Å². The highest BCUT2D eigenvalue weighted by Gasteiger charge is 2.33. The van der Waals surface area contributed by atoms with Crippen molar-refractivity contribution >= 4 is 28.2 Å². The average molecular weight is 530 g/mol. The molecule has 36 heavy (non-hydrogen) atoms. The third-order valence-electron chi connectivity index (χ3n) is 6.88. The summed E-state index contributed by atoms with van der Waals surface area (Å²) in [5.74, 6) is -2.44. The summed E-state index contributed by atoms with van der Waals surface area (Å²) in [6, 6.07) is 7.37. The van der Waals surface area contributed by atoms with Crippen LogP contribution in [-0.2, 0) is 28.3 Å². The number of rotatable bonds is 8. The second-order valence-corrected chi connectivity index (χ2v) is 11.0. The van der Waals surface area contributed by atoms with Crippen LogP contribution in [0.3, 0.4) is 0 Å². The van der Waals surface area contributed by atoms with Gasteiger partial charge in [0.05, 0.1) is 17.2 Å². The van der Waals surface area contributed by atoms with Crippen molar-refractivity contribution in [3.05, 3.63) is 58.9 Å². The smallest absolute Gasteiger partial charge is 0.371 e. The normalized spacial score (nSPS) is 16.7. The fourth-order valence-electron chi connectivity index (χ4n) is 4.46. The third-order valence-corrected chi connectivity index (χ3v) is 7.59. The number of hydrogen-bond donors (Lipinski definition) is 2. The monoisotopic (exact) mass is 529 g/mol. The van der Waals surface area contributed by atoms with Crippen molar-refractivity contribution in [2.24, 2.45) is 11.1 Å². The van der Waals surface area contributed by atoms with Gasteiger partial charge in [-0.15, -0.1) is 0 Å². The van der Waals surface area contributed by atoms with Crippen LogP contribution in [0.15, 0.2) is 36.4 Å².